The summed E-state index contributed by atoms with van der Waals surface area (Å²) in [5.41, 5.74) is 2.18. The van der Waals surface area contributed by atoms with Gasteiger partial charge in [0.1, 0.15) is 17.6 Å². The lowest BCUT2D eigenvalue weighted by atomic mass is 10.0. The Morgan fingerprint density at radius 1 is 0.943 bits per heavy atom. The quantitative estimate of drug-likeness (QED) is 0.292. The van der Waals surface area contributed by atoms with Crippen molar-refractivity contribution in [3.8, 4) is 0 Å². The topological polar surface area (TPSA) is 111 Å². The van der Waals surface area contributed by atoms with Crippen molar-refractivity contribution in [3.05, 3.63) is 113 Å². The Bertz CT molecular complexity index is 1390. The molecule has 176 valence electrons. The summed E-state index contributed by atoms with van der Waals surface area (Å²) in [5.74, 6) is -3.01. The first-order valence-corrected chi connectivity index (χ1v) is 10.8. The fourth-order valence-electron chi connectivity index (χ4n) is 3.62. The predicted octanol–water partition coefficient (Wildman–Crippen LogP) is 3.89. The largest absolute Gasteiger partial charge is 0.480 e. The van der Waals surface area contributed by atoms with Gasteiger partial charge in [0.05, 0.1) is 0 Å². The molecule has 1 atom stereocenters. The Morgan fingerprint density at radius 2 is 1.63 bits per heavy atom. The molecule has 0 saturated carbocycles. The summed E-state index contributed by atoms with van der Waals surface area (Å²) in [5, 5.41) is 15.7. The standard InChI is InChI=1S/C27H22FN3O4/c28-20-12-10-17(11-13-20)14-23(30-25(32)18-6-2-1-3-7-18)26(33)31-24(27(34)35)15-19-16-29-22-9-5-4-8-21(19)22/h1-14,16,24,29H,15H2,(H,30,32)(H,31,33)(H,34,35)/b23-14+. The van der Waals surface area contributed by atoms with Crippen molar-refractivity contribution in [3.63, 3.8) is 0 Å². The molecule has 0 aliphatic rings. The molecule has 3 aromatic carbocycles. The van der Waals surface area contributed by atoms with Crippen LogP contribution in [0.2, 0.25) is 0 Å². The molecule has 35 heavy (non-hydrogen) atoms. The number of H-pyrrole nitrogens is 1. The highest BCUT2D eigenvalue weighted by atomic mass is 19.1. The van der Waals surface area contributed by atoms with E-state index in [1.807, 2.05) is 24.3 Å². The minimum absolute atomic E-state index is 0.0293. The lowest BCUT2D eigenvalue weighted by molar-refractivity contribution is -0.141. The molecule has 1 unspecified atom stereocenters. The summed E-state index contributed by atoms with van der Waals surface area (Å²) < 4.78 is 13.3. The number of para-hydroxylation sites is 1. The molecular formula is C27H22FN3O4. The van der Waals surface area contributed by atoms with Crippen LogP contribution in [0, 0.1) is 5.82 Å². The Hall–Kier alpha value is -4.72. The molecule has 4 N–H and O–H groups in total. The molecule has 0 saturated heterocycles. The fourth-order valence-corrected chi connectivity index (χ4v) is 3.62. The Balaban J connectivity index is 1.59. The number of hydrogen-bond acceptors (Lipinski definition) is 3. The van der Waals surface area contributed by atoms with Crippen LogP contribution in [-0.2, 0) is 16.0 Å². The van der Waals surface area contributed by atoms with E-state index in [2.05, 4.69) is 15.6 Å². The van der Waals surface area contributed by atoms with E-state index in [4.69, 9.17) is 0 Å². The SMILES string of the molecule is O=C(NC(Cc1c[nH]c2ccccc12)C(=O)O)/C(=C\c1ccc(F)cc1)NC(=O)c1ccccc1. The third-order valence-electron chi connectivity index (χ3n) is 5.41. The fraction of sp³-hybridized carbons (Fsp3) is 0.0741. The van der Waals surface area contributed by atoms with Crippen molar-refractivity contribution in [2.45, 2.75) is 12.5 Å². The molecule has 4 aromatic rings. The van der Waals surface area contributed by atoms with Crippen molar-refractivity contribution in [1.82, 2.24) is 15.6 Å². The molecule has 0 bridgehead atoms. The van der Waals surface area contributed by atoms with Gasteiger partial charge in [0.2, 0.25) is 0 Å². The Morgan fingerprint density at radius 3 is 2.34 bits per heavy atom. The van der Waals surface area contributed by atoms with E-state index < -0.39 is 29.6 Å². The molecule has 2 amide bonds. The van der Waals surface area contributed by atoms with E-state index in [0.29, 0.717) is 11.1 Å². The van der Waals surface area contributed by atoms with Crippen LogP contribution in [0.4, 0.5) is 4.39 Å². The minimum atomic E-state index is -1.26. The molecule has 0 aliphatic carbocycles. The molecular weight excluding hydrogens is 449 g/mol. The van der Waals surface area contributed by atoms with Crippen molar-refractivity contribution in [2.24, 2.45) is 0 Å². The minimum Gasteiger partial charge on any atom is -0.480 e. The van der Waals surface area contributed by atoms with Gasteiger partial charge in [-0.25, -0.2) is 9.18 Å². The second kappa shape index (κ2) is 10.5. The molecule has 4 rings (SSSR count). The highest BCUT2D eigenvalue weighted by Gasteiger charge is 2.24. The van der Waals surface area contributed by atoms with E-state index >= 15 is 0 Å². The average Bonchev–Trinajstić information content (AvgIpc) is 3.27. The number of carboxylic acids is 1. The van der Waals surface area contributed by atoms with Gasteiger partial charge in [-0.15, -0.1) is 0 Å². The second-order valence-electron chi connectivity index (χ2n) is 7.86. The number of aliphatic carboxylic acids is 1. The first-order valence-electron chi connectivity index (χ1n) is 10.8. The van der Waals surface area contributed by atoms with Crippen LogP contribution < -0.4 is 10.6 Å². The average molecular weight is 471 g/mol. The van der Waals surface area contributed by atoms with Gasteiger partial charge in [-0.3, -0.25) is 9.59 Å². The highest BCUT2D eigenvalue weighted by molar-refractivity contribution is 6.06. The van der Waals surface area contributed by atoms with Crippen LogP contribution in [0.1, 0.15) is 21.5 Å². The summed E-state index contributed by atoms with van der Waals surface area (Å²) in [6.07, 6.45) is 3.10. The zero-order valence-electron chi connectivity index (χ0n) is 18.5. The molecule has 0 spiro atoms. The number of hydrogen-bond donors (Lipinski definition) is 4. The number of fused-ring (bicyclic) bond motifs is 1. The number of carbonyl (C=O) groups is 3. The monoisotopic (exact) mass is 471 g/mol. The maximum absolute atomic E-state index is 13.3. The number of nitrogens with one attached hydrogen (secondary N) is 3. The number of rotatable bonds is 8. The van der Waals surface area contributed by atoms with Gasteiger partial charge in [0, 0.05) is 29.1 Å². The number of carbonyl (C=O) groups excluding carboxylic acids is 2. The summed E-state index contributed by atoms with van der Waals surface area (Å²) in [6.45, 7) is 0. The Labute approximate surface area is 200 Å². The molecule has 1 heterocycles. The van der Waals surface area contributed by atoms with Crippen LogP contribution >= 0.6 is 0 Å². The van der Waals surface area contributed by atoms with Crippen molar-refractivity contribution in [1.29, 1.82) is 0 Å². The second-order valence-corrected chi connectivity index (χ2v) is 7.86. The summed E-state index contributed by atoms with van der Waals surface area (Å²) in [6, 6.07) is 19.8. The molecule has 8 heteroatoms. The highest BCUT2D eigenvalue weighted by Crippen LogP contribution is 2.19. The molecule has 0 fully saturated rings. The summed E-state index contributed by atoms with van der Waals surface area (Å²) in [7, 11) is 0. The molecule has 7 nitrogen and oxygen atoms in total. The van der Waals surface area contributed by atoms with Gasteiger partial charge in [-0.2, -0.15) is 0 Å². The Kier molecular flexibility index (Phi) is 7.02. The number of aromatic nitrogens is 1. The number of aromatic amines is 1. The van der Waals surface area contributed by atoms with Crippen LogP contribution in [0.3, 0.4) is 0 Å². The molecule has 0 aliphatic heterocycles. The van der Waals surface area contributed by atoms with E-state index in [9.17, 15) is 23.9 Å². The van der Waals surface area contributed by atoms with Crippen molar-refractivity contribution in [2.75, 3.05) is 0 Å². The van der Waals surface area contributed by atoms with Crippen molar-refractivity contribution >= 4 is 34.8 Å². The number of benzene rings is 3. The number of amides is 2. The van der Waals surface area contributed by atoms with E-state index in [-0.39, 0.29) is 12.1 Å². The van der Waals surface area contributed by atoms with Crippen molar-refractivity contribution < 1.29 is 23.9 Å². The van der Waals surface area contributed by atoms with E-state index in [0.717, 1.165) is 16.5 Å². The summed E-state index contributed by atoms with van der Waals surface area (Å²) in [4.78, 5) is 40.9. The predicted molar refractivity (Wildman–Crippen MR) is 130 cm³/mol. The van der Waals surface area contributed by atoms with E-state index in [1.54, 1.807) is 36.5 Å². The van der Waals surface area contributed by atoms with Gasteiger partial charge in [0.15, 0.2) is 0 Å². The molecule has 0 radical (unpaired) electrons. The van der Waals surface area contributed by atoms with Gasteiger partial charge >= 0.3 is 5.97 Å². The first kappa shape index (κ1) is 23.4. The lowest BCUT2D eigenvalue weighted by Crippen LogP contribution is -2.45. The zero-order valence-corrected chi connectivity index (χ0v) is 18.5. The summed E-state index contributed by atoms with van der Waals surface area (Å²) >= 11 is 0. The van der Waals surface area contributed by atoms with Gasteiger partial charge < -0.3 is 20.7 Å². The number of halogens is 1. The van der Waals surface area contributed by atoms with Gasteiger partial charge in [-0.1, -0.05) is 48.5 Å². The van der Waals surface area contributed by atoms with Crippen LogP contribution in [0.5, 0.6) is 0 Å². The first-order chi connectivity index (χ1) is 16.9. The lowest BCUT2D eigenvalue weighted by Gasteiger charge is -2.17. The molecule has 1 aromatic heterocycles. The van der Waals surface area contributed by atoms with Crippen LogP contribution in [0.15, 0.2) is 90.8 Å². The maximum atomic E-state index is 13.3. The third-order valence-corrected chi connectivity index (χ3v) is 5.41. The third kappa shape index (κ3) is 5.80. The van der Waals surface area contributed by atoms with Gasteiger partial charge in [-0.05, 0) is 47.5 Å². The van der Waals surface area contributed by atoms with E-state index in [1.165, 1.54) is 30.3 Å². The smallest absolute Gasteiger partial charge is 0.326 e. The van der Waals surface area contributed by atoms with Crippen LogP contribution in [0.25, 0.3) is 17.0 Å². The zero-order chi connectivity index (χ0) is 24.8. The maximum Gasteiger partial charge on any atom is 0.326 e. The normalized spacial score (nSPS) is 12.2. The van der Waals surface area contributed by atoms with Crippen LogP contribution in [-0.4, -0.2) is 33.9 Å². The number of carboxylic acid groups (broad SMARTS) is 1. The van der Waals surface area contributed by atoms with Gasteiger partial charge in [0.25, 0.3) is 11.8 Å².